The van der Waals surface area contributed by atoms with Crippen LogP contribution in [-0.2, 0) is 23.1 Å². The molecule has 12 heteroatoms. The Morgan fingerprint density at radius 1 is 1.23 bits per heavy atom. The standard InChI is InChI=1S/C17H24N6O.C2HF3O2/c1-21-12-15(11-20-21)13-22-7-3-17(4-8-22)14-23(9-10-24-17)16-18-5-2-6-19-16;3-2(4,5)1(6)7/h2,5-6,11-12H,3-4,7-10,13-14H2,1H3;(H,6,7). The number of alkyl halides is 3. The van der Waals surface area contributed by atoms with Crippen LogP contribution in [0, 0.1) is 0 Å². The first-order chi connectivity index (χ1) is 14.7. The molecule has 0 bridgehead atoms. The summed E-state index contributed by atoms with van der Waals surface area (Å²) in [5, 5.41) is 11.4. The molecule has 0 aromatic carbocycles. The van der Waals surface area contributed by atoms with Crippen molar-refractivity contribution in [1.82, 2.24) is 24.6 Å². The maximum atomic E-state index is 10.6. The van der Waals surface area contributed by atoms with E-state index < -0.39 is 12.1 Å². The maximum Gasteiger partial charge on any atom is 0.490 e. The molecule has 0 radical (unpaired) electrons. The molecule has 2 aliphatic heterocycles. The number of nitrogens with zero attached hydrogens (tertiary/aromatic N) is 6. The lowest BCUT2D eigenvalue weighted by Gasteiger charge is -2.47. The van der Waals surface area contributed by atoms with Gasteiger partial charge in [-0.2, -0.15) is 18.3 Å². The fraction of sp³-hybridized carbons (Fsp3) is 0.579. The summed E-state index contributed by atoms with van der Waals surface area (Å²) in [5.74, 6) is -1.94. The number of aryl methyl sites for hydroxylation is 1. The van der Waals surface area contributed by atoms with Crippen LogP contribution in [0.1, 0.15) is 18.4 Å². The van der Waals surface area contributed by atoms with Gasteiger partial charge in [-0.25, -0.2) is 14.8 Å². The van der Waals surface area contributed by atoms with Crippen molar-refractivity contribution in [2.75, 3.05) is 37.7 Å². The molecule has 2 aromatic rings. The number of ether oxygens (including phenoxy) is 1. The quantitative estimate of drug-likeness (QED) is 0.768. The number of piperidine rings is 1. The van der Waals surface area contributed by atoms with Crippen LogP contribution in [0.5, 0.6) is 0 Å². The number of carboxylic acid groups (broad SMARTS) is 1. The molecule has 9 nitrogen and oxygen atoms in total. The van der Waals surface area contributed by atoms with Gasteiger partial charge in [-0.3, -0.25) is 9.58 Å². The number of hydrogen-bond acceptors (Lipinski definition) is 7. The van der Waals surface area contributed by atoms with Crippen LogP contribution in [0.4, 0.5) is 19.1 Å². The second-order valence-electron chi connectivity index (χ2n) is 7.60. The Bertz CT molecular complexity index is 853. The van der Waals surface area contributed by atoms with Gasteiger partial charge in [0.1, 0.15) is 0 Å². The predicted molar refractivity (Wildman–Crippen MR) is 104 cm³/mol. The summed E-state index contributed by atoms with van der Waals surface area (Å²) in [6, 6.07) is 1.86. The SMILES string of the molecule is Cn1cc(CN2CCC3(CC2)CN(c2ncccn2)CCO3)cn1.O=C(O)C(F)(F)F. The highest BCUT2D eigenvalue weighted by Crippen LogP contribution is 2.31. The summed E-state index contributed by atoms with van der Waals surface area (Å²) >= 11 is 0. The van der Waals surface area contributed by atoms with E-state index in [1.165, 1.54) is 5.56 Å². The minimum absolute atomic E-state index is 0.0527. The van der Waals surface area contributed by atoms with E-state index in [0.29, 0.717) is 0 Å². The van der Waals surface area contributed by atoms with Gasteiger partial charge in [0.2, 0.25) is 5.95 Å². The molecule has 0 aliphatic carbocycles. The second-order valence-corrected chi connectivity index (χ2v) is 7.60. The van der Waals surface area contributed by atoms with Gasteiger partial charge in [-0.1, -0.05) is 0 Å². The van der Waals surface area contributed by atoms with E-state index in [4.69, 9.17) is 14.6 Å². The Hall–Kier alpha value is -2.73. The van der Waals surface area contributed by atoms with Crippen molar-refractivity contribution in [2.24, 2.45) is 7.05 Å². The van der Waals surface area contributed by atoms with E-state index in [0.717, 1.165) is 58.1 Å². The molecule has 170 valence electrons. The number of carbonyl (C=O) groups is 1. The molecular formula is C19H25F3N6O3. The third-order valence-electron chi connectivity index (χ3n) is 5.26. The molecule has 31 heavy (non-hydrogen) atoms. The smallest absolute Gasteiger partial charge is 0.475 e. The first kappa shape index (κ1) is 22.9. The number of morpholine rings is 1. The Balaban J connectivity index is 0.000000339. The topological polar surface area (TPSA) is 96.6 Å². The summed E-state index contributed by atoms with van der Waals surface area (Å²) in [6.07, 6.45) is 4.68. The van der Waals surface area contributed by atoms with Gasteiger partial charge < -0.3 is 14.7 Å². The summed E-state index contributed by atoms with van der Waals surface area (Å²) in [4.78, 5) is 22.4. The van der Waals surface area contributed by atoms with Gasteiger partial charge in [-0.15, -0.1) is 0 Å². The number of likely N-dealkylation sites (tertiary alicyclic amines) is 1. The molecule has 2 aliphatic rings. The largest absolute Gasteiger partial charge is 0.490 e. The molecule has 2 saturated heterocycles. The first-order valence-electron chi connectivity index (χ1n) is 9.83. The molecule has 2 aromatic heterocycles. The highest BCUT2D eigenvalue weighted by atomic mass is 19.4. The highest BCUT2D eigenvalue weighted by Gasteiger charge is 2.40. The van der Waals surface area contributed by atoms with Crippen LogP contribution < -0.4 is 4.90 Å². The minimum Gasteiger partial charge on any atom is -0.475 e. The molecular weight excluding hydrogens is 417 g/mol. The summed E-state index contributed by atoms with van der Waals surface area (Å²) in [6.45, 7) is 5.58. The molecule has 0 amide bonds. The van der Waals surface area contributed by atoms with E-state index in [9.17, 15) is 13.2 Å². The minimum atomic E-state index is -5.08. The Kier molecular flexibility index (Phi) is 7.11. The van der Waals surface area contributed by atoms with Crippen LogP contribution in [0.25, 0.3) is 0 Å². The van der Waals surface area contributed by atoms with E-state index >= 15 is 0 Å². The van der Waals surface area contributed by atoms with Crippen LogP contribution in [-0.4, -0.2) is 80.3 Å². The predicted octanol–water partition coefficient (Wildman–Crippen LogP) is 1.71. The van der Waals surface area contributed by atoms with Gasteiger partial charge in [-0.05, 0) is 18.9 Å². The average Bonchev–Trinajstić information content (AvgIpc) is 3.15. The van der Waals surface area contributed by atoms with Gasteiger partial charge in [0.15, 0.2) is 0 Å². The van der Waals surface area contributed by atoms with Gasteiger partial charge in [0.25, 0.3) is 0 Å². The van der Waals surface area contributed by atoms with Crippen LogP contribution in [0.15, 0.2) is 30.9 Å². The van der Waals surface area contributed by atoms with E-state index in [1.54, 1.807) is 12.4 Å². The summed E-state index contributed by atoms with van der Waals surface area (Å²) in [7, 11) is 1.96. The molecule has 4 rings (SSSR count). The van der Waals surface area contributed by atoms with Crippen LogP contribution in [0.2, 0.25) is 0 Å². The number of anilines is 1. The molecule has 4 heterocycles. The lowest BCUT2D eigenvalue weighted by molar-refractivity contribution is -0.192. The van der Waals surface area contributed by atoms with Crippen LogP contribution >= 0.6 is 0 Å². The van der Waals surface area contributed by atoms with Crippen molar-refractivity contribution >= 4 is 11.9 Å². The van der Waals surface area contributed by atoms with Gasteiger partial charge in [0.05, 0.1) is 24.9 Å². The van der Waals surface area contributed by atoms with Crippen molar-refractivity contribution in [1.29, 1.82) is 0 Å². The molecule has 0 unspecified atom stereocenters. The molecule has 1 N–H and O–H groups in total. The van der Waals surface area contributed by atoms with Crippen LogP contribution in [0.3, 0.4) is 0 Å². The maximum absolute atomic E-state index is 10.6. The number of aliphatic carboxylic acids is 1. The zero-order chi connectivity index (χ0) is 22.5. The van der Waals surface area contributed by atoms with Gasteiger partial charge in [0, 0.05) is 57.4 Å². The lowest BCUT2D eigenvalue weighted by atomic mass is 9.89. The number of carboxylic acids is 1. The third-order valence-corrected chi connectivity index (χ3v) is 5.26. The lowest BCUT2D eigenvalue weighted by Crippen LogP contribution is -2.57. The number of aromatic nitrogens is 4. The van der Waals surface area contributed by atoms with E-state index in [2.05, 4.69) is 31.1 Å². The zero-order valence-electron chi connectivity index (χ0n) is 17.1. The Labute approximate surface area is 177 Å². The average molecular weight is 442 g/mol. The van der Waals surface area contributed by atoms with Gasteiger partial charge >= 0.3 is 12.1 Å². The third kappa shape index (κ3) is 6.37. The Morgan fingerprint density at radius 3 is 2.42 bits per heavy atom. The summed E-state index contributed by atoms with van der Waals surface area (Å²) < 4.78 is 39.8. The monoisotopic (exact) mass is 442 g/mol. The molecule has 0 saturated carbocycles. The second kappa shape index (κ2) is 9.60. The van der Waals surface area contributed by atoms with E-state index in [1.807, 2.05) is 24.0 Å². The van der Waals surface area contributed by atoms with Crippen molar-refractivity contribution in [2.45, 2.75) is 31.2 Å². The number of rotatable bonds is 3. The fourth-order valence-corrected chi connectivity index (χ4v) is 3.70. The fourth-order valence-electron chi connectivity index (χ4n) is 3.70. The summed E-state index contributed by atoms with van der Waals surface area (Å²) in [5.41, 5.74) is 1.22. The number of hydrogen-bond donors (Lipinski definition) is 1. The van der Waals surface area contributed by atoms with Crippen molar-refractivity contribution in [3.63, 3.8) is 0 Å². The molecule has 1 spiro atoms. The zero-order valence-corrected chi connectivity index (χ0v) is 17.1. The highest BCUT2D eigenvalue weighted by molar-refractivity contribution is 5.73. The van der Waals surface area contributed by atoms with Crippen molar-refractivity contribution < 1.29 is 27.8 Å². The number of halogens is 3. The first-order valence-corrected chi connectivity index (χ1v) is 9.83. The molecule has 0 atom stereocenters. The molecule has 2 fully saturated rings. The van der Waals surface area contributed by atoms with Crippen molar-refractivity contribution in [3.05, 3.63) is 36.4 Å². The Morgan fingerprint density at radius 2 is 1.87 bits per heavy atom. The normalized spacial score (nSPS) is 19.0. The van der Waals surface area contributed by atoms with Crippen molar-refractivity contribution in [3.8, 4) is 0 Å². The van der Waals surface area contributed by atoms with E-state index in [-0.39, 0.29) is 5.60 Å².